The summed E-state index contributed by atoms with van der Waals surface area (Å²) in [5.74, 6) is 0.241. The van der Waals surface area contributed by atoms with Crippen LogP contribution in [0.3, 0.4) is 0 Å². The number of amides is 1. The molecule has 4 rings (SSSR count). The maximum atomic E-state index is 12.7. The van der Waals surface area contributed by atoms with Crippen molar-refractivity contribution in [1.82, 2.24) is 19.8 Å². The highest BCUT2D eigenvalue weighted by Gasteiger charge is 2.26. The molecule has 0 aliphatic carbocycles. The average Bonchev–Trinajstić information content (AvgIpc) is 3.28. The molecule has 162 valence electrons. The third-order valence-electron chi connectivity index (χ3n) is 4.70. The Kier molecular flexibility index (Phi) is 6.33. The van der Waals surface area contributed by atoms with Crippen LogP contribution in [0.4, 0.5) is 0 Å². The van der Waals surface area contributed by atoms with E-state index in [1.165, 1.54) is 28.6 Å². The topological polar surface area (TPSA) is 115 Å². The van der Waals surface area contributed by atoms with E-state index in [1.807, 2.05) is 0 Å². The zero-order valence-electron chi connectivity index (χ0n) is 16.3. The Hall–Kier alpha value is -2.79. The first-order chi connectivity index (χ1) is 14.9. The van der Waals surface area contributed by atoms with Crippen LogP contribution in [0.5, 0.6) is 0 Å². The van der Waals surface area contributed by atoms with Crippen molar-refractivity contribution in [1.29, 1.82) is 0 Å². The van der Waals surface area contributed by atoms with E-state index in [0.717, 1.165) is 5.56 Å². The molecule has 0 bridgehead atoms. The van der Waals surface area contributed by atoms with Gasteiger partial charge in [-0.25, -0.2) is 8.42 Å². The lowest BCUT2D eigenvalue weighted by Crippen LogP contribution is -2.40. The van der Waals surface area contributed by atoms with E-state index < -0.39 is 10.0 Å². The molecule has 31 heavy (non-hydrogen) atoms. The number of hydrogen-bond acceptors (Lipinski definition) is 7. The Morgan fingerprint density at radius 3 is 2.42 bits per heavy atom. The first kappa shape index (κ1) is 21.4. The van der Waals surface area contributed by atoms with Crippen LogP contribution in [0.15, 0.2) is 57.9 Å². The van der Waals surface area contributed by atoms with Crippen molar-refractivity contribution < 1.29 is 22.5 Å². The number of halogens is 1. The van der Waals surface area contributed by atoms with E-state index in [0.29, 0.717) is 42.7 Å². The molecule has 0 radical (unpaired) electrons. The molecular formula is C20H19ClN4O5S. The number of carbonyl (C=O) groups is 1. The summed E-state index contributed by atoms with van der Waals surface area (Å²) in [4.78, 5) is 16.8. The second-order valence-corrected chi connectivity index (χ2v) is 9.12. The van der Waals surface area contributed by atoms with Gasteiger partial charge >= 0.3 is 0 Å². The van der Waals surface area contributed by atoms with Crippen molar-refractivity contribution in [3.63, 3.8) is 0 Å². The number of nitrogens with zero attached hydrogens (tertiary/aromatic N) is 3. The average molecular weight is 463 g/mol. The molecule has 11 heteroatoms. The van der Waals surface area contributed by atoms with Gasteiger partial charge < -0.3 is 14.6 Å². The molecule has 1 saturated heterocycles. The largest absolute Gasteiger partial charge is 0.379 e. The van der Waals surface area contributed by atoms with Gasteiger partial charge in [-0.15, -0.1) is 0 Å². The summed E-state index contributed by atoms with van der Waals surface area (Å²) in [5, 5.41) is 7.17. The molecule has 1 aliphatic rings. The van der Waals surface area contributed by atoms with Crippen LogP contribution in [0.2, 0.25) is 5.02 Å². The number of carbonyl (C=O) groups excluding carboxylic acids is 1. The van der Waals surface area contributed by atoms with Crippen LogP contribution in [0.1, 0.15) is 16.2 Å². The van der Waals surface area contributed by atoms with Gasteiger partial charge in [-0.3, -0.25) is 4.79 Å². The molecule has 3 aromatic rings. The van der Waals surface area contributed by atoms with Gasteiger partial charge in [-0.1, -0.05) is 16.8 Å². The Labute approximate surface area is 184 Å². The van der Waals surface area contributed by atoms with E-state index in [4.69, 9.17) is 20.9 Å². The molecule has 0 atom stereocenters. The molecule has 0 spiro atoms. The van der Waals surface area contributed by atoms with E-state index in [9.17, 15) is 13.2 Å². The maximum Gasteiger partial charge on any atom is 0.251 e. The second-order valence-electron chi connectivity index (χ2n) is 6.74. The molecule has 1 aliphatic heterocycles. The predicted octanol–water partition coefficient (Wildman–Crippen LogP) is 2.34. The Bertz CT molecular complexity index is 1160. The summed E-state index contributed by atoms with van der Waals surface area (Å²) in [6, 6.07) is 12.8. The quantitative estimate of drug-likeness (QED) is 0.597. The summed E-state index contributed by atoms with van der Waals surface area (Å²) >= 11 is 5.87. The van der Waals surface area contributed by atoms with Crippen molar-refractivity contribution in [2.45, 2.75) is 11.4 Å². The zero-order valence-corrected chi connectivity index (χ0v) is 17.9. The van der Waals surface area contributed by atoms with Crippen LogP contribution < -0.4 is 5.32 Å². The summed E-state index contributed by atoms with van der Waals surface area (Å²) in [6.45, 7) is 1.40. The van der Waals surface area contributed by atoms with E-state index in [-0.39, 0.29) is 23.2 Å². The normalized spacial score (nSPS) is 15.0. The maximum absolute atomic E-state index is 12.7. The zero-order chi connectivity index (χ0) is 21.8. The fourth-order valence-electron chi connectivity index (χ4n) is 3.02. The Balaban J connectivity index is 1.37. The fourth-order valence-corrected chi connectivity index (χ4v) is 4.55. The molecule has 1 N–H and O–H groups in total. The summed E-state index contributed by atoms with van der Waals surface area (Å²) in [5.41, 5.74) is 1.06. The Morgan fingerprint density at radius 2 is 1.74 bits per heavy atom. The summed E-state index contributed by atoms with van der Waals surface area (Å²) < 4.78 is 37.0. The van der Waals surface area contributed by atoms with Crippen molar-refractivity contribution in [2.75, 3.05) is 26.3 Å². The van der Waals surface area contributed by atoms with E-state index >= 15 is 0 Å². The first-order valence-corrected chi connectivity index (χ1v) is 11.3. The van der Waals surface area contributed by atoms with Gasteiger partial charge in [-0.2, -0.15) is 9.29 Å². The summed E-state index contributed by atoms with van der Waals surface area (Å²) in [6.07, 6.45) is 0. The van der Waals surface area contributed by atoms with Gasteiger partial charge in [0.15, 0.2) is 0 Å². The molecule has 1 aromatic heterocycles. The number of nitrogens with one attached hydrogen (secondary N) is 1. The minimum Gasteiger partial charge on any atom is -0.379 e. The second kappa shape index (κ2) is 9.15. The van der Waals surface area contributed by atoms with E-state index in [1.54, 1.807) is 24.3 Å². The number of ether oxygens (including phenoxy) is 1. The lowest BCUT2D eigenvalue weighted by Gasteiger charge is -2.26. The molecule has 2 heterocycles. The van der Waals surface area contributed by atoms with Crippen molar-refractivity contribution in [3.05, 3.63) is 65.0 Å². The lowest BCUT2D eigenvalue weighted by molar-refractivity contribution is 0.0730. The van der Waals surface area contributed by atoms with Crippen LogP contribution in [-0.4, -0.2) is 55.1 Å². The SMILES string of the molecule is O=C(NCc1nc(-c2ccc(Cl)cc2)no1)c1ccc(S(=O)(=O)N2CCOCC2)cc1. The molecule has 9 nitrogen and oxygen atoms in total. The Morgan fingerprint density at radius 1 is 1.06 bits per heavy atom. The molecule has 1 fully saturated rings. The highest BCUT2D eigenvalue weighted by molar-refractivity contribution is 7.89. The van der Waals surface area contributed by atoms with Crippen molar-refractivity contribution in [2.24, 2.45) is 0 Å². The number of sulfonamides is 1. The van der Waals surface area contributed by atoms with Gasteiger partial charge in [0.1, 0.15) is 0 Å². The summed E-state index contributed by atoms with van der Waals surface area (Å²) in [7, 11) is -3.61. The first-order valence-electron chi connectivity index (χ1n) is 9.48. The number of hydrogen-bond donors (Lipinski definition) is 1. The molecular weight excluding hydrogens is 444 g/mol. The number of rotatable bonds is 6. The van der Waals surface area contributed by atoms with Crippen LogP contribution >= 0.6 is 11.6 Å². The molecule has 0 unspecified atom stereocenters. The van der Waals surface area contributed by atoms with Crippen LogP contribution in [-0.2, 0) is 21.3 Å². The van der Waals surface area contributed by atoms with Crippen LogP contribution in [0, 0.1) is 0 Å². The van der Waals surface area contributed by atoms with Gasteiger partial charge in [0, 0.05) is 29.2 Å². The van der Waals surface area contributed by atoms with E-state index in [2.05, 4.69) is 15.5 Å². The van der Waals surface area contributed by atoms with Crippen LogP contribution in [0.25, 0.3) is 11.4 Å². The lowest BCUT2D eigenvalue weighted by atomic mass is 10.2. The fraction of sp³-hybridized carbons (Fsp3) is 0.250. The van der Waals surface area contributed by atoms with Gasteiger partial charge in [-0.05, 0) is 48.5 Å². The predicted molar refractivity (Wildman–Crippen MR) is 112 cm³/mol. The third-order valence-corrected chi connectivity index (χ3v) is 6.86. The van der Waals surface area contributed by atoms with Crippen molar-refractivity contribution >= 4 is 27.5 Å². The third kappa shape index (κ3) is 4.93. The molecule has 0 saturated carbocycles. The highest BCUT2D eigenvalue weighted by Crippen LogP contribution is 2.19. The van der Waals surface area contributed by atoms with Gasteiger partial charge in [0.2, 0.25) is 21.7 Å². The van der Waals surface area contributed by atoms with Crippen molar-refractivity contribution in [3.8, 4) is 11.4 Å². The smallest absolute Gasteiger partial charge is 0.251 e. The van der Waals surface area contributed by atoms with Gasteiger partial charge in [0.25, 0.3) is 5.91 Å². The highest BCUT2D eigenvalue weighted by atomic mass is 35.5. The minimum atomic E-state index is -3.61. The number of benzene rings is 2. The number of morpholine rings is 1. The molecule has 2 aromatic carbocycles. The monoisotopic (exact) mass is 462 g/mol. The molecule has 1 amide bonds. The minimum absolute atomic E-state index is 0.0350. The number of aromatic nitrogens is 2. The standard InChI is InChI=1S/C20H19ClN4O5S/c21-16-5-1-14(2-6-16)19-23-18(30-24-19)13-22-20(26)15-3-7-17(8-4-15)31(27,28)25-9-11-29-12-10-25/h1-8H,9-13H2,(H,22,26). The van der Waals surface area contributed by atoms with Gasteiger partial charge in [0.05, 0.1) is 24.7 Å².